The molecule has 0 saturated carbocycles. The van der Waals surface area contributed by atoms with E-state index in [1.54, 1.807) is 0 Å². The third kappa shape index (κ3) is 1.55. The lowest BCUT2D eigenvalue weighted by Gasteiger charge is -2.27. The van der Waals surface area contributed by atoms with Crippen LogP contribution in [0.2, 0.25) is 0 Å². The van der Waals surface area contributed by atoms with Crippen molar-refractivity contribution >= 4 is 5.82 Å². The second-order valence-corrected chi connectivity index (χ2v) is 4.01. The van der Waals surface area contributed by atoms with Crippen LogP contribution in [-0.2, 0) is 13.0 Å². The summed E-state index contributed by atoms with van der Waals surface area (Å²) < 4.78 is 0. The Morgan fingerprint density at radius 2 is 2.20 bits per heavy atom. The van der Waals surface area contributed by atoms with Crippen molar-refractivity contribution in [1.82, 2.24) is 9.88 Å². The molecule has 0 saturated heterocycles. The SMILES string of the molecule is Cc1nc(N)c(C#N)c2c1CN(C)CC2. The Kier molecular flexibility index (Phi) is 2.33. The summed E-state index contributed by atoms with van der Waals surface area (Å²) >= 11 is 0. The zero-order chi connectivity index (χ0) is 11.0. The Labute approximate surface area is 89.3 Å². The van der Waals surface area contributed by atoms with Gasteiger partial charge < -0.3 is 10.6 Å². The number of anilines is 1. The number of pyridine rings is 1. The van der Waals surface area contributed by atoms with Crippen LogP contribution in [0, 0.1) is 18.3 Å². The van der Waals surface area contributed by atoms with Crippen LogP contribution < -0.4 is 5.73 Å². The van der Waals surface area contributed by atoms with Gasteiger partial charge in [-0.15, -0.1) is 0 Å². The van der Waals surface area contributed by atoms with E-state index >= 15 is 0 Å². The van der Waals surface area contributed by atoms with Crippen LogP contribution in [0.4, 0.5) is 5.82 Å². The van der Waals surface area contributed by atoms with Gasteiger partial charge in [-0.2, -0.15) is 5.26 Å². The molecule has 4 nitrogen and oxygen atoms in total. The maximum absolute atomic E-state index is 9.05. The molecule has 0 spiro atoms. The Balaban J connectivity index is 2.63. The van der Waals surface area contributed by atoms with Crippen molar-refractivity contribution < 1.29 is 0 Å². The average molecular weight is 202 g/mol. The number of hydrogen-bond donors (Lipinski definition) is 1. The van der Waals surface area contributed by atoms with Crippen molar-refractivity contribution in [2.75, 3.05) is 19.3 Å². The van der Waals surface area contributed by atoms with Crippen LogP contribution in [-0.4, -0.2) is 23.5 Å². The van der Waals surface area contributed by atoms with Crippen molar-refractivity contribution in [3.63, 3.8) is 0 Å². The van der Waals surface area contributed by atoms with E-state index in [-0.39, 0.29) is 0 Å². The molecule has 78 valence electrons. The lowest BCUT2D eigenvalue weighted by atomic mass is 9.95. The molecule has 1 aromatic heterocycles. The van der Waals surface area contributed by atoms with Crippen LogP contribution in [0.15, 0.2) is 0 Å². The molecule has 0 amide bonds. The highest BCUT2D eigenvalue weighted by atomic mass is 15.1. The summed E-state index contributed by atoms with van der Waals surface area (Å²) in [5, 5.41) is 9.05. The minimum Gasteiger partial charge on any atom is -0.383 e. The van der Waals surface area contributed by atoms with E-state index in [1.165, 1.54) is 5.56 Å². The first-order valence-electron chi connectivity index (χ1n) is 5.00. The van der Waals surface area contributed by atoms with E-state index in [9.17, 15) is 0 Å². The van der Waals surface area contributed by atoms with Crippen molar-refractivity contribution in [2.45, 2.75) is 19.9 Å². The summed E-state index contributed by atoms with van der Waals surface area (Å²) in [4.78, 5) is 6.45. The Morgan fingerprint density at radius 1 is 1.47 bits per heavy atom. The van der Waals surface area contributed by atoms with Crippen LogP contribution in [0.1, 0.15) is 22.4 Å². The molecule has 2 N–H and O–H groups in total. The van der Waals surface area contributed by atoms with Gasteiger partial charge >= 0.3 is 0 Å². The fourth-order valence-electron chi connectivity index (χ4n) is 2.09. The molecule has 4 heteroatoms. The lowest BCUT2D eigenvalue weighted by molar-refractivity contribution is 0.311. The van der Waals surface area contributed by atoms with Gasteiger partial charge in [0, 0.05) is 18.8 Å². The topological polar surface area (TPSA) is 65.9 Å². The predicted molar refractivity (Wildman–Crippen MR) is 58.1 cm³/mol. The third-order valence-electron chi connectivity index (χ3n) is 2.93. The number of fused-ring (bicyclic) bond motifs is 1. The molecule has 1 aliphatic heterocycles. The summed E-state index contributed by atoms with van der Waals surface area (Å²) in [5.41, 5.74) is 9.54. The number of hydrogen-bond acceptors (Lipinski definition) is 4. The number of nitriles is 1. The van der Waals surface area contributed by atoms with Gasteiger partial charge in [-0.1, -0.05) is 0 Å². The van der Waals surface area contributed by atoms with Gasteiger partial charge in [0.25, 0.3) is 0 Å². The molecule has 0 aliphatic carbocycles. The van der Waals surface area contributed by atoms with Crippen molar-refractivity contribution in [3.05, 3.63) is 22.4 Å². The van der Waals surface area contributed by atoms with E-state index in [2.05, 4.69) is 23.0 Å². The van der Waals surface area contributed by atoms with E-state index < -0.39 is 0 Å². The Morgan fingerprint density at radius 3 is 2.87 bits per heavy atom. The van der Waals surface area contributed by atoms with Gasteiger partial charge in [0.2, 0.25) is 0 Å². The van der Waals surface area contributed by atoms with Gasteiger partial charge in [0.1, 0.15) is 11.9 Å². The molecule has 0 fully saturated rings. The highest BCUT2D eigenvalue weighted by molar-refractivity contribution is 5.57. The summed E-state index contributed by atoms with van der Waals surface area (Å²) in [6, 6.07) is 2.16. The fraction of sp³-hybridized carbons (Fsp3) is 0.455. The maximum atomic E-state index is 9.05. The minimum atomic E-state index is 0.373. The van der Waals surface area contributed by atoms with E-state index in [4.69, 9.17) is 11.0 Å². The zero-order valence-electron chi connectivity index (χ0n) is 9.04. The molecule has 2 rings (SSSR count). The number of aromatic nitrogens is 1. The summed E-state index contributed by atoms with van der Waals surface area (Å²) in [5.74, 6) is 0.373. The molecule has 0 aromatic carbocycles. The smallest absolute Gasteiger partial charge is 0.141 e. The molecule has 1 aromatic rings. The van der Waals surface area contributed by atoms with Gasteiger partial charge in [-0.05, 0) is 31.5 Å². The van der Waals surface area contributed by atoms with E-state index in [1.807, 2.05) is 6.92 Å². The van der Waals surface area contributed by atoms with Crippen molar-refractivity contribution in [2.24, 2.45) is 0 Å². The summed E-state index contributed by atoms with van der Waals surface area (Å²) in [7, 11) is 2.07. The molecular weight excluding hydrogens is 188 g/mol. The largest absolute Gasteiger partial charge is 0.383 e. The second-order valence-electron chi connectivity index (χ2n) is 4.01. The Hall–Kier alpha value is -1.60. The number of rotatable bonds is 0. The molecule has 0 radical (unpaired) electrons. The average Bonchev–Trinajstić information content (AvgIpc) is 2.19. The van der Waals surface area contributed by atoms with Crippen molar-refractivity contribution in [3.8, 4) is 6.07 Å². The van der Waals surface area contributed by atoms with Crippen LogP contribution in [0.3, 0.4) is 0 Å². The maximum Gasteiger partial charge on any atom is 0.141 e. The molecule has 0 bridgehead atoms. The predicted octanol–water partition coefficient (Wildman–Crippen LogP) is 0.832. The molecule has 2 heterocycles. The lowest BCUT2D eigenvalue weighted by Crippen LogP contribution is -2.28. The normalized spacial score (nSPS) is 15.8. The van der Waals surface area contributed by atoms with E-state index in [0.717, 1.165) is 30.8 Å². The minimum absolute atomic E-state index is 0.373. The van der Waals surface area contributed by atoms with Gasteiger partial charge in [-0.3, -0.25) is 0 Å². The number of nitrogens with zero attached hydrogens (tertiary/aromatic N) is 3. The monoisotopic (exact) mass is 202 g/mol. The number of nitrogen functional groups attached to an aromatic ring is 1. The van der Waals surface area contributed by atoms with Crippen LogP contribution in [0.25, 0.3) is 0 Å². The highest BCUT2D eigenvalue weighted by Gasteiger charge is 2.21. The highest BCUT2D eigenvalue weighted by Crippen LogP contribution is 2.26. The van der Waals surface area contributed by atoms with E-state index in [0.29, 0.717) is 11.4 Å². The fourth-order valence-corrected chi connectivity index (χ4v) is 2.09. The van der Waals surface area contributed by atoms with Crippen molar-refractivity contribution in [1.29, 1.82) is 5.26 Å². The van der Waals surface area contributed by atoms with Gasteiger partial charge in [0.05, 0.1) is 5.56 Å². The zero-order valence-corrected chi connectivity index (χ0v) is 9.04. The Bertz CT molecular complexity index is 445. The first-order chi connectivity index (χ1) is 7.13. The van der Waals surface area contributed by atoms with Crippen LogP contribution in [0.5, 0.6) is 0 Å². The summed E-state index contributed by atoms with van der Waals surface area (Å²) in [6.45, 7) is 3.79. The number of nitrogens with two attached hydrogens (primary N) is 1. The first kappa shape index (κ1) is 9.94. The van der Waals surface area contributed by atoms with Gasteiger partial charge in [0.15, 0.2) is 0 Å². The molecule has 1 aliphatic rings. The molecule has 0 unspecified atom stereocenters. The number of likely N-dealkylation sites (N-methyl/N-ethyl adjacent to an activating group) is 1. The third-order valence-corrected chi connectivity index (χ3v) is 2.93. The molecule has 0 atom stereocenters. The standard InChI is InChI=1S/C11H14N4/c1-7-10-6-15(2)4-3-8(10)9(5-12)11(13)14-7/h3-4,6H2,1-2H3,(H2,13,14). The molecular formula is C11H14N4. The van der Waals surface area contributed by atoms with Crippen LogP contribution >= 0.6 is 0 Å². The first-order valence-corrected chi connectivity index (χ1v) is 5.00. The number of aryl methyl sites for hydroxylation is 1. The molecule has 15 heavy (non-hydrogen) atoms. The van der Waals surface area contributed by atoms with Gasteiger partial charge in [-0.25, -0.2) is 4.98 Å². The second kappa shape index (κ2) is 3.52. The summed E-state index contributed by atoms with van der Waals surface area (Å²) in [6.07, 6.45) is 0.891. The quantitative estimate of drug-likeness (QED) is 0.676.